The van der Waals surface area contributed by atoms with Crippen molar-refractivity contribution in [2.24, 2.45) is 0 Å². The summed E-state index contributed by atoms with van der Waals surface area (Å²) in [6.07, 6.45) is 1.24. The number of ether oxygens (including phenoxy) is 2. The first-order valence-corrected chi connectivity index (χ1v) is 8.53. The van der Waals surface area contributed by atoms with E-state index in [-0.39, 0.29) is 0 Å². The van der Waals surface area contributed by atoms with Crippen molar-refractivity contribution in [3.63, 3.8) is 0 Å². The van der Waals surface area contributed by atoms with Crippen LogP contribution >= 0.6 is 0 Å². The first-order valence-electron chi connectivity index (χ1n) is 8.53. The van der Waals surface area contributed by atoms with Crippen molar-refractivity contribution in [2.75, 3.05) is 32.8 Å². The molecule has 3 rings (SSSR count). The van der Waals surface area contributed by atoms with E-state index in [0.29, 0.717) is 52.2 Å². The second kappa shape index (κ2) is 7.32. The zero-order chi connectivity index (χ0) is 17.0. The third kappa shape index (κ3) is 3.60. The van der Waals surface area contributed by atoms with Crippen molar-refractivity contribution in [1.29, 1.82) is 0 Å². The van der Waals surface area contributed by atoms with Crippen molar-refractivity contribution in [2.45, 2.75) is 32.1 Å². The van der Waals surface area contributed by atoms with E-state index in [2.05, 4.69) is 0 Å². The van der Waals surface area contributed by atoms with Crippen LogP contribution < -0.4 is 0 Å². The van der Waals surface area contributed by atoms with Gasteiger partial charge in [0.25, 0.3) is 0 Å². The van der Waals surface area contributed by atoms with E-state index in [1.807, 2.05) is 37.3 Å². The fraction of sp³-hybridized carbons (Fsp3) is 0.556. The van der Waals surface area contributed by atoms with Crippen molar-refractivity contribution in [1.82, 2.24) is 9.80 Å². The Bertz CT molecular complexity index is 574. The van der Waals surface area contributed by atoms with E-state index in [1.54, 1.807) is 9.80 Å². The molecule has 1 aromatic rings. The summed E-state index contributed by atoms with van der Waals surface area (Å²) in [6.45, 7) is 5.04. The lowest BCUT2D eigenvalue weighted by atomic mass is 10.0. The van der Waals surface area contributed by atoms with Crippen LogP contribution in [0, 0.1) is 0 Å². The molecule has 0 bridgehead atoms. The molecule has 6 heteroatoms. The quantitative estimate of drug-likeness (QED) is 0.785. The summed E-state index contributed by atoms with van der Waals surface area (Å²) in [5, 5.41) is 0. The highest BCUT2D eigenvalue weighted by atomic mass is 16.7. The standard InChI is InChI=1S/C18H24N2O4/c1-2-19(14-15-6-4-3-5-7-15)16(21)17(22)20-10-8-18(9-11-20)23-12-13-24-18/h3-7H,2,8-14H2,1H3. The van der Waals surface area contributed by atoms with Crippen LogP contribution in [-0.2, 0) is 25.6 Å². The minimum absolute atomic E-state index is 0.430. The summed E-state index contributed by atoms with van der Waals surface area (Å²) < 4.78 is 11.3. The highest BCUT2D eigenvalue weighted by molar-refractivity contribution is 6.34. The van der Waals surface area contributed by atoms with Gasteiger partial charge >= 0.3 is 11.8 Å². The molecule has 0 atom stereocenters. The molecule has 0 aromatic heterocycles. The molecular weight excluding hydrogens is 308 g/mol. The number of likely N-dealkylation sites (tertiary alicyclic amines) is 1. The lowest BCUT2D eigenvalue weighted by Gasteiger charge is -2.37. The topological polar surface area (TPSA) is 59.1 Å². The summed E-state index contributed by atoms with van der Waals surface area (Å²) in [6, 6.07) is 9.71. The first kappa shape index (κ1) is 16.9. The van der Waals surface area contributed by atoms with Gasteiger partial charge in [-0.25, -0.2) is 0 Å². The average Bonchev–Trinajstić information content (AvgIpc) is 3.08. The maximum Gasteiger partial charge on any atom is 0.312 e. The number of hydrogen-bond donors (Lipinski definition) is 0. The van der Waals surface area contributed by atoms with Gasteiger partial charge in [0.05, 0.1) is 13.2 Å². The Hall–Kier alpha value is -1.92. The van der Waals surface area contributed by atoms with E-state index in [4.69, 9.17) is 9.47 Å². The van der Waals surface area contributed by atoms with E-state index >= 15 is 0 Å². The number of benzene rings is 1. The molecular formula is C18H24N2O4. The molecule has 6 nitrogen and oxygen atoms in total. The Kier molecular flexibility index (Phi) is 5.16. The largest absolute Gasteiger partial charge is 0.347 e. The van der Waals surface area contributed by atoms with E-state index in [1.165, 1.54) is 0 Å². The van der Waals surface area contributed by atoms with Crippen molar-refractivity contribution >= 4 is 11.8 Å². The van der Waals surface area contributed by atoms with Crippen LogP contribution in [0.1, 0.15) is 25.3 Å². The highest BCUT2D eigenvalue weighted by Crippen LogP contribution is 2.31. The highest BCUT2D eigenvalue weighted by Gasteiger charge is 2.42. The molecule has 0 radical (unpaired) electrons. The molecule has 0 aliphatic carbocycles. The van der Waals surface area contributed by atoms with Crippen LogP contribution in [-0.4, -0.2) is 60.2 Å². The van der Waals surface area contributed by atoms with Crippen LogP contribution in [0.5, 0.6) is 0 Å². The van der Waals surface area contributed by atoms with Crippen LogP contribution in [0.3, 0.4) is 0 Å². The molecule has 0 saturated carbocycles. The average molecular weight is 332 g/mol. The number of carbonyl (C=O) groups is 2. The third-order valence-electron chi connectivity index (χ3n) is 4.69. The number of carbonyl (C=O) groups excluding carboxylic acids is 2. The third-order valence-corrected chi connectivity index (χ3v) is 4.69. The van der Waals surface area contributed by atoms with Gasteiger partial charge in [-0.15, -0.1) is 0 Å². The van der Waals surface area contributed by atoms with Gasteiger partial charge in [0, 0.05) is 39.0 Å². The maximum absolute atomic E-state index is 12.6. The number of nitrogens with zero attached hydrogens (tertiary/aromatic N) is 2. The molecule has 0 unspecified atom stereocenters. The van der Waals surface area contributed by atoms with Gasteiger partial charge in [-0.2, -0.15) is 0 Å². The molecule has 0 N–H and O–H groups in total. The van der Waals surface area contributed by atoms with Gasteiger partial charge in [0.15, 0.2) is 5.79 Å². The summed E-state index contributed by atoms with van der Waals surface area (Å²) in [5.41, 5.74) is 1.02. The Morgan fingerprint density at radius 3 is 2.33 bits per heavy atom. The van der Waals surface area contributed by atoms with Crippen LogP contribution in [0.25, 0.3) is 0 Å². The molecule has 2 saturated heterocycles. The van der Waals surface area contributed by atoms with Crippen molar-refractivity contribution in [3.8, 4) is 0 Å². The minimum Gasteiger partial charge on any atom is -0.347 e. The molecule has 1 spiro atoms. The van der Waals surface area contributed by atoms with Gasteiger partial charge in [-0.3, -0.25) is 9.59 Å². The zero-order valence-electron chi connectivity index (χ0n) is 14.1. The maximum atomic E-state index is 12.6. The summed E-state index contributed by atoms with van der Waals surface area (Å²) >= 11 is 0. The Morgan fingerprint density at radius 2 is 1.75 bits per heavy atom. The SMILES string of the molecule is CCN(Cc1ccccc1)C(=O)C(=O)N1CCC2(CC1)OCCO2. The van der Waals surface area contributed by atoms with E-state index < -0.39 is 17.6 Å². The molecule has 2 aliphatic rings. The number of hydrogen-bond acceptors (Lipinski definition) is 4. The lowest BCUT2D eigenvalue weighted by molar-refractivity contribution is -0.188. The molecule has 130 valence electrons. The number of piperidine rings is 1. The van der Waals surface area contributed by atoms with Gasteiger partial charge in [0.2, 0.25) is 0 Å². The zero-order valence-corrected chi connectivity index (χ0v) is 14.1. The van der Waals surface area contributed by atoms with Crippen LogP contribution in [0.2, 0.25) is 0 Å². The Labute approximate surface area is 142 Å². The van der Waals surface area contributed by atoms with Crippen LogP contribution in [0.15, 0.2) is 30.3 Å². The first-order chi connectivity index (χ1) is 11.6. The van der Waals surface area contributed by atoms with Gasteiger partial charge in [0.1, 0.15) is 0 Å². The van der Waals surface area contributed by atoms with Gasteiger partial charge in [-0.05, 0) is 12.5 Å². The molecule has 2 aliphatic heterocycles. The van der Waals surface area contributed by atoms with Gasteiger partial charge in [-0.1, -0.05) is 30.3 Å². The monoisotopic (exact) mass is 332 g/mol. The molecule has 24 heavy (non-hydrogen) atoms. The van der Waals surface area contributed by atoms with Gasteiger partial charge < -0.3 is 19.3 Å². The van der Waals surface area contributed by atoms with E-state index in [0.717, 1.165) is 5.56 Å². The normalized spacial score (nSPS) is 19.5. The number of amides is 2. The number of rotatable bonds is 3. The predicted molar refractivity (Wildman–Crippen MR) is 88.0 cm³/mol. The van der Waals surface area contributed by atoms with Crippen molar-refractivity contribution < 1.29 is 19.1 Å². The second-order valence-corrected chi connectivity index (χ2v) is 6.20. The van der Waals surface area contributed by atoms with E-state index in [9.17, 15) is 9.59 Å². The fourth-order valence-corrected chi connectivity index (χ4v) is 3.24. The predicted octanol–water partition coefficient (Wildman–Crippen LogP) is 1.40. The second-order valence-electron chi connectivity index (χ2n) is 6.20. The lowest BCUT2D eigenvalue weighted by Crippen LogP contribution is -2.51. The summed E-state index contributed by atoms with van der Waals surface area (Å²) in [4.78, 5) is 28.3. The molecule has 2 amide bonds. The molecule has 2 heterocycles. The molecule has 1 aromatic carbocycles. The smallest absolute Gasteiger partial charge is 0.312 e. The van der Waals surface area contributed by atoms with Crippen LogP contribution in [0.4, 0.5) is 0 Å². The number of likely N-dealkylation sites (N-methyl/N-ethyl adjacent to an activating group) is 1. The summed E-state index contributed by atoms with van der Waals surface area (Å²) in [7, 11) is 0. The van der Waals surface area contributed by atoms with Crippen molar-refractivity contribution in [3.05, 3.63) is 35.9 Å². The Balaban J connectivity index is 1.58. The minimum atomic E-state index is -0.533. The fourth-order valence-electron chi connectivity index (χ4n) is 3.24. The molecule has 2 fully saturated rings. The summed E-state index contributed by atoms with van der Waals surface area (Å²) in [5.74, 6) is -1.40. The Morgan fingerprint density at radius 1 is 1.12 bits per heavy atom.